The third kappa shape index (κ3) is 3.02. The molecule has 0 aliphatic heterocycles. The molecular formula is C18H16ClNO. The predicted molar refractivity (Wildman–Crippen MR) is 87.6 cm³/mol. The van der Waals surface area contributed by atoms with Crippen molar-refractivity contribution in [3.05, 3.63) is 76.8 Å². The van der Waals surface area contributed by atoms with Crippen LogP contribution in [0.2, 0.25) is 5.02 Å². The Morgan fingerprint density at radius 3 is 2.38 bits per heavy atom. The third-order valence-corrected chi connectivity index (χ3v) is 3.89. The van der Waals surface area contributed by atoms with Gasteiger partial charge in [-0.2, -0.15) is 0 Å². The van der Waals surface area contributed by atoms with Gasteiger partial charge in [0.15, 0.2) is 0 Å². The maximum absolute atomic E-state index is 9.89. The zero-order chi connectivity index (χ0) is 14.7. The van der Waals surface area contributed by atoms with Gasteiger partial charge in [-0.3, -0.25) is 0 Å². The number of benzene rings is 3. The lowest BCUT2D eigenvalue weighted by atomic mass is 10.0. The van der Waals surface area contributed by atoms with Gasteiger partial charge in [-0.15, -0.1) is 0 Å². The third-order valence-electron chi connectivity index (χ3n) is 3.58. The minimum absolute atomic E-state index is 0.157. The van der Waals surface area contributed by atoms with E-state index in [-0.39, 0.29) is 5.75 Å². The highest BCUT2D eigenvalue weighted by molar-refractivity contribution is 6.32. The van der Waals surface area contributed by atoms with E-state index >= 15 is 0 Å². The van der Waals surface area contributed by atoms with Crippen molar-refractivity contribution in [2.45, 2.75) is 13.1 Å². The van der Waals surface area contributed by atoms with Crippen molar-refractivity contribution in [1.82, 2.24) is 5.32 Å². The van der Waals surface area contributed by atoms with E-state index in [4.69, 9.17) is 11.6 Å². The molecule has 0 fully saturated rings. The number of hydrogen-bond donors (Lipinski definition) is 2. The molecule has 21 heavy (non-hydrogen) atoms. The predicted octanol–water partition coefficient (Wildman–Crippen LogP) is 4.49. The van der Waals surface area contributed by atoms with E-state index in [0.717, 1.165) is 12.1 Å². The fourth-order valence-corrected chi connectivity index (χ4v) is 2.68. The van der Waals surface area contributed by atoms with Gasteiger partial charge in [-0.25, -0.2) is 0 Å². The van der Waals surface area contributed by atoms with Crippen LogP contribution in [-0.4, -0.2) is 5.11 Å². The van der Waals surface area contributed by atoms with Crippen molar-refractivity contribution >= 4 is 22.4 Å². The van der Waals surface area contributed by atoms with Crippen LogP contribution in [0.4, 0.5) is 0 Å². The van der Waals surface area contributed by atoms with Crippen LogP contribution in [-0.2, 0) is 13.1 Å². The fraction of sp³-hybridized carbons (Fsp3) is 0.111. The molecule has 3 aromatic carbocycles. The van der Waals surface area contributed by atoms with E-state index in [1.165, 1.54) is 16.3 Å². The molecule has 3 rings (SSSR count). The summed E-state index contributed by atoms with van der Waals surface area (Å²) in [5, 5.41) is 16.1. The molecule has 0 unspecified atom stereocenters. The number of para-hydroxylation sites is 1. The SMILES string of the molecule is Oc1c(Cl)cccc1CNCc1cccc2ccccc12. The number of hydrogen-bond acceptors (Lipinski definition) is 2. The monoisotopic (exact) mass is 297 g/mol. The lowest BCUT2D eigenvalue weighted by molar-refractivity contribution is 0.464. The second kappa shape index (κ2) is 6.17. The number of phenolic OH excluding ortho intramolecular Hbond substituents is 1. The van der Waals surface area contributed by atoms with E-state index in [2.05, 4.69) is 41.7 Å². The molecular weight excluding hydrogens is 282 g/mol. The molecule has 2 nitrogen and oxygen atoms in total. The standard InChI is InChI=1S/C18H16ClNO/c19-17-10-4-8-15(18(17)21)12-20-11-14-7-3-6-13-5-1-2-9-16(13)14/h1-10,20-21H,11-12H2. The Morgan fingerprint density at radius 2 is 1.48 bits per heavy atom. The summed E-state index contributed by atoms with van der Waals surface area (Å²) in [5.74, 6) is 0.157. The number of nitrogens with one attached hydrogen (secondary N) is 1. The summed E-state index contributed by atoms with van der Waals surface area (Å²) in [7, 11) is 0. The van der Waals surface area contributed by atoms with Crippen LogP contribution in [0.25, 0.3) is 10.8 Å². The maximum Gasteiger partial charge on any atom is 0.138 e. The average molecular weight is 298 g/mol. The minimum Gasteiger partial charge on any atom is -0.506 e. The summed E-state index contributed by atoms with van der Waals surface area (Å²) >= 11 is 5.91. The first-order chi connectivity index (χ1) is 10.3. The van der Waals surface area contributed by atoms with Crippen LogP contribution in [0.15, 0.2) is 60.7 Å². The zero-order valence-electron chi connectivity index (χ0n) is 11.5. The lowest BCUT2D eigenvalue weighted by Gasteiger charge is -2.10. The summed E-state index contributed by atoms with van der Waals surface area (Å²) in [6.07, 6.45) is 0. The smallest absolute Gasteiger partial charge is 0.138 e. The first-order valence-electron chi connectivity index (χ1n) is 6.89. The quantitative estimate of drug-likeness (QED) is 0.744. The van der Waals surface area contributed by atoms with Crippen LogP contribution in [0, 0.1) is 0 Å². The summed E-state index contributed by atoms with van der Waals surface area (Å²) < 4.78 is 0. The van der Waals surface area contributed by atoms with E-state index in [0.29, 0.717) is 11.6 Å². The summed E-state index contributed by atoms with van der Waals surface area (Å²) in [6.45, 7) is 1.32. The van der Waals surface area contributed by atoms with Gasteiger partial charge in [0.1, 0.15) is 5.75 Å². The van der Waals surface area contributed by atoms with Crippen molar-refractivity contribution in [1.29, 1.82) is 0 Å². The molecule has 0 bridgehead atoms. The summed E-state index contributed by atoms with van der Waals surface area (Å²) in [6, 6.07) is 20.0. The van der Waals surface area contributed by atoms with Gasteiger partial charge in [0.25, 0.3) is 0 Å². The summed E-state index contributed by atoms with van der Waals surface area (Å²) in [4.78, 5) is 0. The fourth-order valence-electron chi connectivity index (χ4n) is 2.48. The van der Waals surface area contributed by atoms with Gasteiger partial charge < -0.3 is 10.4 Å². The summed E-state index contributed by atoms with van der Waals surface area (Å²) in [5.41, 5.74) is 2.05. The van der Waals surface area contributed by atoms with Crippen molar-refractivity contribution < 1.29 is 5.11 Å². The van der Waals surface area contributed by atoms with E-state index in [9.17, 15) is 5.11 Å². The van der Waals surface area contributed by atoms with Gasteiger partial charge in [0, 0.05) is 18.7 Å². The first-order valence-corrected chi connectivity index (χ1v) is 7.27. The second-order valence-electron chi connectivity index (χ2n) is 4.99. The van der Waals surface area contributed by atoms with E-state index < -0.39 is 0 Å². The average Bonchev–Trinajstić information content (AvgIpc) is 2.52. The minimum atomic E-state index is 0.157. The van der Waals surface area contributed by atoms with E-state index in [1.807, 2.05) is 18.2 Å². The molecule has 0 spiro atoms. The second-order valence-corrected chi connectivity index (χ2v) is 5.40. The van der Waals surface area contributed by atoms with Crippen LogP contribution in [0.3, 0.4) is 0 Å². The van der Waals surface area contributed by atoms with Gasteiger partial charge in [0.05, 0.1) is 5.02 Å². The van der Waals surface area contributed by atoms with Crippen LogP contribution in [0.5, 0.6) is 5.75 Å². The van der Waals surface area contributed by atoms with Crippen LogP contribution >= 0.6 is 11.6 Å². The van der Waals surface area contributed by atoms with Crippen molar-refractivity contribution in [2.24, 2.45) is 0 Å². The molecule has 0 saturated carbocycles. The molecule has 0 aliphatic rings. The highest BCUT2D eigenvalue weighted by atomic mass is 35.5. The Kier molecular flexibility index (Phi) is 4.09. The molecule has 3 aromatic rings. The lowest BCUT2D eigenvalue weighted by Crippen LogP contribution is -2.13. The first kappa shape index (κ1) is 13.9. The van der Waals surface area contributed by atoms with Crippen molar-refractivity contribution in [3.63, 3.8) is 0 Å². The van der Waals surface area contributed by atoms with Gasteiger partial charge in [-0.05, 0) is 22.4 Å². The maximum atomic E-state index is 9.89. The number of fused-ring (bicyclic) bond motifs is 1. The topological polar surface area (TPSA) is 32.3 Å². The molecule has 106 valence electrons. The molecule has 0 atom stereocenters. The van der Waals surface area contributed by atoms with Gasteiger partial charge in [-0.1, -0.05) is 66.2 Å². The molecule has 0 heterocycles. The molecule has 0 radical (unpaired) electrons. The molecule has 2 N–H and O–H groups in total. The molecule has 0 aliphatic carbocycles. The molecule has 0 amide bonds. The zero-order valence-corrected chi connectivity index (χ0v) is 12.3. The number of phenols is 1. The largest absolute Gasteiger partial charge is 0.506 e. The Labute approximate surface area is 129 Å². The highest BCUT2D eigenvalue weighted by Crippen LogP contribution is 2.26. The molecule has 0 aromatic heterocycles. The van der Waals surface area contributed by atoms with Crippen molar-refractivity contribution in [2.75, 3.05) is 0 Å². The van der Waals surface area contributed by atoms with Gasteiger partial charge >= 0.3 is 0 Å². The van der Waals surface area contributed by atoms with Crippen LogP contribution < -0.4 is 5.32 Å². The Bertz CT molecular complexity index is 765. The normalized spacial score (nSPS) is 10.9. The molecule has 0 saturated heterocycles. The Hall–Kier alpha value is -2.03. The number of rotatable bonds is 4. The number of halogens is 1. The Morgan fingerprint density at radius 1 is 0.810 bits per heavy atom. The van der Waals surface area contributed by atoms with Crippen molar-refractivity contribution in [3.8, 4) is 5.75 Å². The van der Waals surface area contributed by atoms with E-state index in [1.54, 1.807) is 6.07 Å². The molecule has 3 heteroatoms. The van der Waals surface area contributed by atoms with Crippen LogP contribution in [0.1, 0.15) is 11.1 Å². The number of aromatic hydroxyl groups is 1. The highest BCUT2D eigenvalue weighted by Gasteiger charge is 2.05. The van der Waals surface area contributed by atoms with Gasteiger partial charge in [0.2, 0.25) is 0 Å². The Balaban J connectivity index is 1.74.